The van der Waals surface area contributed by atoms with Crippen molar-refractivity contribution in [2.24, 2.45) is 0 Å². The summed E-state index contributed by atoms with van der Waals surface area (Å²) in [5.74, 6) is -0.0551. The fourth-order valence-corrected chi connectivity index (χ4v) is 2.02. The second kappa shape index (κ2) is 6.29. The summed E-state index contributed by atoms with van der Waals surface area (Å²) < 4.78 is 0. The number of aromatic nitrogens is 1. The van der Waals surface area contributed by atoms with Gasteiger partial charge in [-0.05, 0) is 24.6 Å². The molecule has 0 aliphatic carbocycles. The van der Waals surface area contributed by atoms with E-state index >= 15 is 0 Å². The maximum atomic E-state index is 12.3. The first kappa shape index (κ1) is 13.5. The van der Waals surface area contributed by atoms with Gasteiger partial charge in [-0.25, -0.2) is 0 Å². The van der Waals surface area contributed by atoms with Gasteiger partial charge >= 0.3 is 0 Å². The molecule has 0 bridgehead atoms. The maximum absolute atomic E-state index is 12.3. The van der Waals surface area contributed by atoms with Crippen molar-refractivity contribution in [1.29, 1.82) is 0 Å². The summed E-state index contributed by atoms with van der Waals surface area (Å²) in [6.07, 6.45) is 3.43. The Labute approximate surface area is 112 Å². The average Bonchev–Trinajstić information content (AvgIpc) is 2.46. The van der Waals surface area contributed by atoms with Crippen LogP contribution in [-0.2, 0) is 16.1 Å². The molecule has 1 aromatic rings. The third kappa shape index (κ3) is 3.51. The van der Waals surface area contributed by atoms with E-state index in [9.17, 15) is 9.59 Å². The number of carbonyl (C=O) groups is 2. The second-order valence-electron chi connectivity index (χ2n) is 4.45. The van der Waals surface area contributed by atoms with Gasteiger partial charge in [0.1, 0.15) is 6.04 Å². The Bertz CT molecular complexity index is 439. The van der Waals surface area contributed by atoms with Crippen molar-refractivity contribution >= 4 is 11.8 Å². The van der Waals surface area contributed by atoms with Crippen LogP contribution < -0.4 is 10.6 Å². The van der Waals surface area contributed by atoms with Crippen molar-refractivity contribution in [3.8, 4) is 0 Å². The summed E-state index contributed by atoms with van der Waals surface area (Å²) in [6, 6.07) is 3.46. The Morgan fingerprint density at radius 2 is 2.21 bits per heavy atom. The highest BCUT2D eigenvalue weighted by Crippen LogP contribution is 2.06. The minimum atomic E-state index is -0.334. The normalized spacial score (nSPS) is 18.8. The minimum Gasteiger partial charge on any atom is -0.353 e. The molecule has 102 valence electrons. The smallest absolute Gasteiger partial charge is 0.241 e. The Morgan fingerprint density at radius 3 is 2.79 bits per heavy atom. The van der Waals surface area contributed by atoms with Gasteiger partial charge in [0.05, 0.1) is 6.54 Å². The fourth-order valence-electron chi connectivity index (χ4n) is 2.02. The first-order valence-corrected chi connectivity index (χ1v) is 6.38. The fraction of sp³-hybridized carbons (Fsp3) is 0.462. The number of hydrogen-bond acceptors (Lipinski definition) is 4. The zero-order valence-electron chi connectivity index (χ0n) is 10.9. The molecule has 1 fully saturated rings. The quantitative estimate of drug-likeness (QED) is 0.768. The van der Waals surface area contributed by atoms with E-state index in [1.165, 1.54) is 0 Å². The van der Waals surface area contributed by atoms with E-state index in [0.717, 1.165) is 5.56 Å². The molecular weight excluding hydrogens is 244 g/mol. The van der Waals surface area contributed by atoms with Crippen molar-refractivity contribution in [2.75, 3.05) is 19.6 Å². The van der Waals surface area contributed by atoms with Gasteiger partial charge in [0.15, 0.2) is 0 Å². The molecule has 0 aromatic carbocycles. The van der Waals surface area contributed by atoms with Crippen molar-refractivity contribution in [3.05, 3.63) is 30.1 Å². The number of nitrogens with one attached hydrogen (secondary N) is 2. The highest BCUT2D eigenvalue weighted by molar-refractivity contribution is 5.86. The molecule has 2 rings (SSSR count). The van der Waals surface area contributed by atoms with E-state index < -0.39 is 0 Å². The van der Waals surface area contributed by atoms with E-state index in [1.807, 2.05) is 19.1 Å². The van der Waals surface area contributed by atoms with Gasteiger partial charge in [-0.1, -0.05) is 0 Å². The summed E-state index contributed by atoms with van der Waals surface area (Å²) in [7, 11) is 0. The number of rotatable bonds is 4. The standard InChI is InChI=1S/C13H18N4O2/c1-2-17(9-10-3-5-14-6-4-10)13(19)11-7-16-12(18)8-15-11/h3-6,11,15H,2,7-9H2,1H3,(H,16,18). The van der Waals surface area contributed by atoms with E-state index in [2.05, 4.69) is 15.6 Å². The Hall–Kier alpha value is -1.95. The Balaban J connectivity index is 1.97. The minimum absolute atomic E-state index is 0.0133. The molecule has 1 atom stereocenters. The van der Waals surface area contributed by atoms with Crippen molar-refractivity contribution in [3.63, 3.8) is 0 Å². The van der Waals surface area contributed by atoms with Gasteiger partial charge < -0.3 is 10.2 Å². The number of piperazine rings is 1. The Kier molecular flexibility index (Phi) is 4.46. The lowest BCUT2D eigenvalue weighted by molar-refractivity contribution is -0.135. The number of nitrogens with zero attached hydrogens (tertiary/aromatic N) is 2. The number of hydrogen-bond donors (Lipinski definition) is 2. The Morgan fingerprint density at radius 1 is 1.47 bits per heavy atom. The van der Waals surface area contributed by atoms with Crippen LogP contribution >= 0.6 is 0 Å². The lowest BCUT2D eigenvalue weighted by atomic mass is 10.2. The van der Waals surface area contributed by atoms with Gasteiger partial charge in [0.2, 0.25) is 11.8 Å². The first-order valence-electron chi connectivity index (χ1n) is 6.38. The molecule has 1 unspecified atom stereocenters. The van der Waals surface area contributed by atoms with Gasteiger partial charge in [0, 0.05) is 32.0 Å². The highest BCUT2D eigenvalue weighted by Gasteiger charge is 2.27. The van der Waals surface area contributed by atoms with Crippen LogP contribution in [-0.4, -0.2) is 47.4 Å². The van der Waals surface area contributed by atoms with Crippen molar-refractivity contribution < 1.29 is 9.59 Å². The predicted molar refractivity (Wildman–Crippen MR) is 70.1 cm³/mol. The van der Waals surface area contributed by atoms with Crippen LogP contribution in [0.5, 0.6) is 0 Å². The predicted octanol–water partition coefficient (Wildman–Crippen LogP) is -0.482. The lowest BCUT2D eigenvalue weighted by Gasteiger charge is -2.29. The van der Waals surface area contributed by atoms with E-state index in [4.69, 9.17) is 0 Å². The van der Waals surface area contributed by atoms with Crippen LogP contribution in [0.15, 0.2) is 24.5 Å². The largest absolute Gasteiger partial charge is 0.353 e. The monoisotopic (exact) mass is 262 g/mol. The topological polar surface area (TPSA) is 74.3 Å². The molecule has 1 aliphatic rings. The van der Waals surface area contributed by atoms with Crippen LogP contribution in [0, 0.1) is 0 Å². The number of likely N-dealkylation sites (N-methyl/N-ethyl adjacent to an activating group) is 1. The molecule has 6 nitrogen and oxygen atoms in total. The van der Waals surface area contributed by atoms with Gasteiger partial charge in [-0.3, -0.25) is 19.9 Å². The third-order valence-corrected chi connectivity index (χ3v) is 3.13. The molecule has 2 N–H and O–H groups in total. The first-order chi connectivity index (χ1) is 9.20. The molecule has 1 aromatic heterocycles. The lowest BCUT2D eigenvalue weighted by Crippen LogP contribution is -2.58. The molecule has 0 saturated carbocycles. The SMILES string of the molecule is CCN(Cc1ccncc1)C(=O)C1CNC(=O)CN1. The molecule has 1 saturated heterocycles. The van der Waals surface area contributed by atoms with Crippen molar-refractivity contribution in [1.82, 2.24) is 20.5 Å². The van der Waals surface area contributed by atoms with Gasteiger partial charge in [0.25, 0.3) is 0 Å². The van der Waals surface area contributed by atoms with Crippen LogP contribution in [0.1, 0.15) is 12.5 Å². The van der Waals surface area contributed by atoms with Crippen LogP contribution in [0.4, 0.5) is 0 Å². The highest BCUT2D eigenvalue weighted by atomic mass is 16.2. The van der Waals surface area contributed by atoms with Crippen LogP contribution in [0.25, 0.3) is 0 Å². The number of pyridine rings is 1. The van der Waals surface area contributed by atoms with Crippen LogP contribution in [0.2, 0.25) is 0 Å². The molecule has 0 radical (unpaired) electrons. The van der Waals surface area contributed by atoms with E-state index in [0.29, 0.717) is 19.6 Å². The summed E-state index contributed by atoms with van der Waals surface area (Å²) in [5, 5.41) is 5.65. The number of amides is 2. The van der Waals surface area contributed by atoms with Crippen molar-refractivity contribution in [2.45, 2.75) is 19.5 Å². The zero-order valence-corrected chi connectivity index (χ0v) is 10.9. The third-order valence-electron chi connectivity index (χ3n) is 3.13. The molecule has 1 aliphatic heterocycles. The molecule has 19 heavy (non-hydrogen) atoms. The summed E-state index contributed by atoms with van der Waals surface area (Å²) in [6.45, 7) is 3.69. The van der Waals surface area contributed by atoms with Gasteiger partial charge in [-0.2, -0.15) is 0 Å². The summed E-state index contributed by atoms with van der Waals surface area (Å²) in [4.78, 5) is 29.1. The number of carbonyl (C=O) groups excluding carboxylic acids is 2. The average molecular weight is 262 g/mol. The zero-order chi connectivity index (χ0) is 13.7. The summed E-state index contributed by atoms with van der Waals surface area (Å²) >= 11 is 0. The second-order valence-corrected chi connectivity index (χ2v) is 4.45. The van der Waals surface area contributed by atoms with Crippen LogP contribution in [0.3, 0.4) is 0 Å². The van der Waals surface area contributed by atoms with E-state index in [1.54, 1.807) is 17.3 Å². The van der Waals surface area contributed by atoms with Gasteiger partial charge in [-0.15, -0.1) is 0 Å². The molecule has 0 spiro atoms. The van der Waals surface area contributed by atoms with E-state index in [-0.39, 0.29) is 24.4 Å². The molecule has 2 amide bonds. The molecule has 2 heterocycles. The molecular formula is C13H18N4O2. The molecule has 6 heteroatoms. The summed E-state index contributed by atoms with van der Waals surface area (Å²) in [5.41, 5.74) is 1.05. The maximum Gasteiger partial charge on any atom is 0.241 e.